The van der Waals surface area contributed by atoms with Gasteiger partial charge in [-0.15, -0.1) is 0 Å². The third-order valence-corrected chi connectivity index (χ3v) is 6.71. The van der Waals surface area contributed by atoms with E-state index in [2.05, 4.69) is 19.8 Å². The van der Waals surface area contributed by atoms with Gasteiger partial charge in [-0.05, 0) is 31.1 Å². The predicted molar refractivity (Wildman–Crippen MR) is 101 cm³/mol. The molecule has 2 aromatic heterocycles. The van der Waals surface area contributed by atoms with E-state index >= 15 is 0 Å². The molecule has 1 saturated carbocycles. The smallest absolute Gasteiger partial charge is 0.227 e. The van der Waals surface area contributed by atoms with E-state index in [0.29, 0.717) is 17.6 Å². The molecule has 0 bridgehead atoms. The molecule has 1 spiro atoms. The standard InChI is InChI=1S/C19H23N7O/c20-17-21-8-12(9-22-17)13-7-16(26-10-15-14(26)11-27-15)24-18(23-13)25-5-3-19(1-2-19)4-6-25/h7-9,14-15H,1-6,10-11H2,(H2,20,21,22)/t14-,15?/m1/s1. The number of hydrogen-bond acceptors (Lipinski definition) is 8. The van der Waals surface area contributed by atoms with Crippen LogP contribution in [0.25, 0.3) is 11.3 Å². The van der Waals surface area contributed by atoms with Crippen molar-refractivity contribution in [2.24, 2.45) is 5.41 Å². The quantitative estimate of drug-likeness (QED) is 0.874. The number of aromatic nitrogens is 4. The molecule has 3 aliphatic heterocycles. The molecule has 0 aromatic carbocycles. The van der Waals surface area contributed by atoms with Crippen LogP contribution in [0.4, 0.5) is 17.7 Å². The van der Waals surface area contributed by atoms with Gasteiger partial charge in [0.1, 0.15) is 5.82 Å². The zero-order valence-electron chi connectivity index (χ0n) is 15.2. The second-order valence-corrected chi connectivity index (χ2v) is 8.32. The average Bonchev–Trinajstić information content (AvgIpc) is 3.43. The van der Waals surface area contributed by atoms with E-state index in [1.54, 1.807) is 12.4 Å². The van der Waals surface area contributed by atoms with Crippen molar-refractivity contribution in [1.29, 1.82) is 0 Å². The Kier molecular flexibility index (Phi) is 3.18. The molecular weight excluding hydrogens is 342 g/mol. The summed E-state index contributed by atoms with van der Waals surface area (Å²) in [5.74, 6) is 2.07. The van der Waals surface area contributed by atoms with E-state index in [0.717, 1.165) is 49.3 Å². The number of nitrogen functional groups attached to an aromatic ring is 1. The van der Waals surface area contributed by atoms with Crippen LogP contribution >= 0.6 is 0 Å². The number of nitrogens with two attached hydrogens (primary N) is 1. The fourth-order valence-electron chi connectivity index (χ4n) is 4.42. The van der Waals surface area contributed by atoms with E-state index in [4.69, 9.17) is 20.4 Å². The van der Waals surface area contributed by atoms with Crippen LogP contribution in [0.1, 0.15) is 25.7 Å². The Hall–Kier alpha value is -2.48. The summed E-state index contributed by atoms with van der Waals surface area (Å²) in [6, 6.07) is 2.50. The molecule has 5 heterocycles. The van der Waals surface area contributed by atoms with Crippen LogP contribution < -0.4 is 15.5 Å². The van der Waals surface area contributed by atoms with Gasteiger partial charge in [0.2, 0.25) is 11.9 Å². The zero-order valence-corrected chi connectivity index (χ0v) is 15.2. The van der Waals surface area contributed by atoms with Crippen LogP contribution in [0, 0.1) is 5.41 Å². The van der Waals surface area contributed by atoms with E-state index in [-0.39, 0.29) is 5.95 Å². The molecular formula is C19H23N7O. The molecule has 3 saturated heterocycles. The Morgan fingerprint density at radius 2 is 1.85 bits per heavy atom. The fraction of sp³-hybridized carbons (Fsp3) is 0.579. The summed E-state index contributed by atoms with van der Waals surface area (Å²) in [6.45, 7) is 3.77. The lowest BCUT2D eigenvalue weighted by molar-refractivity contribution is -0.113. The lowest BCUT2D eigenvalue weighted by Crippen LogP contribution is -2.71. The van der Waals surface area contributed by atoms with Crippen LogP contribution in [0.2, 0.25) is 0 Å². The molecule has 8 heteroatoms. The van der Waals surface area contributed by atoms with Crippen LogP contribution in [-0.2, 0) is 4.74 Å². The molecule has 8 nitrogen and oxygen atoms in total. The summed E-state index contributed by atoms with van der Waals surface area (Å²) in [5.41, 5.74) is 8.00. The Bertz CT molecular complexity index is 872. The Morgan fingerprint density at radius 3 is 2.44 bits per heavy atom. The maximum atomic E-state index is 5.65. The van der Waals surface area contributed by atoms with Crippen LogP contribution in [0.5, 0.6) is 0 Å². The van der Waals surface area contributed by atoms with Crippen molar-refractivity contribution in [3.05, 3.63) is 18.5 Å². The molecule has 4 fully saturated rings. The first-order valence-electron chi connectivity index (χ1n) is 9.79. The number of anilines is 3. The summed E-state index contributed by atoms with van der Waals surface area (Å²) in [7, 11) is 0. The molecule has 1 aliphatic carbocycles. The molecule has 27 heavy (non-hydrogen) atoms. The molecule has 0 radical (unpaired) electrons. The maximum absolute atomic E-state index is 5.65. The number of morpholine rings is 1. The minimum Gasteiger partial charge on any atom is -0.372 e. The van der Waals surface area contributed by atoms with Crippen molar-refractivity contribution in [1.82, 2.24) is 19.9 Å². The average molecular weight is 365 g/mol. The van der Waals surface area contributed by atoms with Gasteiger partial charge >= 0.3 is 0 Å². The summed E-state index contributed by atoms with van der Waals surface area (Å²) in [5, 5.41) is 0. The van der Waals surface area contributed by atoms with Gasteiger partial charge in [-0.3, -0.25) is 0 Å². The van der Waals surface area contributed by atoms with Gasteiger partial charge in [-0.25, -0.2) is 15.0 Å². The number of fused-ring (bicyclic) bond motifs is 1. The van der Waals surface area contributed by atoms with Gasteiger partial charge < -0.3 is 20.3 Å². The van der Waals surface area contributed by atoms with Gasteiger partial charge in [0, 0.05) is 43.7 Å². The predicted octanol–water partition coefficient (Wildman–Crippen LogP) is 1.48. The molecule has 140 valence electrons. The van der Waals surface area contributed by atoms with Crippen molar-refractivity contribution in [3.8, 4) is 11.3 Å². The molecule has 4 aliphatic rings. The van der Waals surface area contributed by atoms with E-state index in [1.165, 1.54) is 25.7 Å². The highest BCUT2D eigenvalue weighted by molar-refractivity contribution is 5.65. The van der Waals surface area contributed by atoms with Gasteiger partial charge in [0.25, 0.3) is 0 Å². The number of nitrogens with zero attached hydrogens (tertiary/aromatic N) is 6. The van der Waals surface area contributed by atoms with Crippen molar-refractivity contribution < 1.29 is 4.74 Å². The minimum atomic E-state index is 0.274. The summed E-state index contributed by atoms with van der Waals surface area (Å²) in [4.78, 5) is 22.7. The lowest BCUT2D eigenvalue weighted by Gasteiger charge is -2.55. The van der Waals surface area contributed by atoms with Crippen LogP contribution in [-0.4, -0.2) is 58.3 Å². The van der Waals surface area contributed by atoms with Crippen molar-refractivity contribution in [3.63, 3.8) is 0 Å². The summed E-state index contributed by atoms with van der Waals surface area (Å²) < 4.78 is 5.56. The van der Waals surface area contributed by atoms with Crippen LogP contribution in [0.3, 0.4) is 0 Å². The second-order valence-electron chi connectivity index (χ2n) is 8.32. The van der Waals surface area contributed by atoms with Crippen LogP contribution in [0.15, 0.2) is 18.5 Å². The number of piperidine rings is 1. The highest BCUT2D eigenvalue weighted by atomic mass is 16.5. The van der Waals surface area contributed by atoms with Crippen molar-refractivity contribution in [2.45, 2.75) is 37.8 Å². The Labute approximate surface area is 157 Å². The third-order valence-electron chi connectivity index (χ3n) is 6.71. The first-order chi connectivity index (χ1) is 13.2. The fourth-order valence-corrected chi connectivity index (χ4v) is 4.42. The normalized spacial score (nSPS) is 27.7. The van der Waals surface area contributed by atoms with Gasteiger partial charge in [0.05, 0.1) is 24.4 Å². The molecule has 1 unspecified atom stereocenters. The monoisotopic (exact) mass is 365 g/mol. The Morgan fingerprint density at radius 1 is 1.07 bits per heavy atom. The molecule has 6 rings (SSSR count). The van der Waals surface area contributed by atoms with Gasteiger partial charge in [0.15, 0.2) is 0 Å². The van der Waals surface area contributed by atoms with E-state index in [1.807, 2.05) is 6.07 Å². The SMILES string of the molecule is Nc1ncc(-c2cc(N3CC4OC[C@H]43)nc(N3CCC4(CC3)CC4)n2)cn1. The summed E-state index contributed by atoms with van der Waals surface area (Å²) >= 11 is 0. The zero-order chi connectivity index (χ0) is 18.0. The molecule has 2 aromatic rings. The number of rotatable bonds is 3. The lowest BCUT2D eigenvalue weighted by atomic mass is 9.94. The summed E-state index contributed by atoms with van der Waals surface area (Å²) in [6.07, 6.45) is 9.14. The maximum Gasteiger partial charge on any atom is 0.227 e. The molecule has 0 amide bonds. The molecule has 2 atom stereocenters. The Balaban J connectivity index is 1.35. The highest BCUT2D eigenvalue weighted by Crippen LogP contribution is 2.53. The second kappa shape index (κ2) is 5.51. The number of hydrogen-bond donors (Lipinski definition) is 1. The third kappa shape index (κ3) is 2.54. The minimum absolute atomic E-state index is 0.274. The highest BCUT2D eigenvalue weighted by Gasteiger charge is 2.48. The van der Waals surface area contributed by atoms with E-state index in [9.17, 15) is 0 Å². The van der Waals surface area contributed by atoms with Gasteiger partial charge in [-0.2, -0.15) is 4.98 Å². The first-order valence-corrected chi connectivity index (χ1v) is 9.79. The van der Waals surface area contributed by atoms with Gasteiger partial charge in [-0.1, -0.05) is 0 Å². The number of ether oxygens (including phenoxy) is 1. The topological polar surface area (TPSA) is 93.3 Å². The van der Waals surface area contributed by atoms with Crippen molar-refractivity contribution >= 4 is 17.7 Å². The largest absolute Gasteiger partial charge is 0.372 e. The van der Waals surface area contributed by atoms with E-state index < -0.39 is 0 Å². The first kappa shape index (κ1) is 15.6. The van der Waals surface area contributed by atoms with Crippen molar-refractivity contribution in [2.75, 3.05) is 41.8 Å². The molecule has 2 N–H and O–H groups in total.